The number of benzene rings is 2. The fourth-order valence-electron chi connectivity index (χ4n) is 3.25. The number of halogens is 1. The van der Waals surface area contributed by atoms with E-state index in [1.807, 2.05) is 30.3 Å². The Balaban J connectivity index is 1.66. The summed E-state index contributed by atoms with van der Waals surface area (Å²) in [5.41, 5.74) is 5.69. The first-order chi connectivity index (χ1) is 12.2. The standard InChI is InChI=1S/C20H16ClN3O/c21-18-10-13(11-22)4-9-17(18)14-5-7-16(8-6-14)24-19(12-23-20(24)25)15-2-1-3-15/h4-10H,1-3,12H2,(H,23,25). The van der Waals surface area contributed by atoms with E-state index in [9.17, 15) is 4.79 Å². The van der Waals surface area contributed by atoms with Gasteiger partial charge >= 0.3 is 6.03 Å². The average Bonchev–Trinajstić information content (AvgIpc) is 2.94. The van der Waals surface area contributed by atoms with Crippen LogP contribution in [-0.4, -0.2) is 12.6 Å². The number of nitrogens with zero attached hydrogens (tertiary/aromatic N) is 2. The van der Waals surface area contributed by atoms with Crippen LogP contribution in [0.25, 0.3) is 11.1 Å². The third kappa shape index (κ3) is 2.77. The quantitative estimate of drug-likeness (QED) is 0.842. The number of allylic oxidation sites excluding steroid dienone is 1. The van der Waals surface area contributed by atoms with E-state index in [0.717, 1.165) is 35.4 Å². The first-order valence-corrected chi connectivity index (χ1v) is 8.64. The molecular weight excluding hydrogens is 334 g/mol. The highest BCUT2D eigenvalue weighted by Gasteiger charge is 2.30. The first-order valence-electron chi connectivity index (χ1n) is 8.26. The number of amides is 2. The molecular formula is C20H16ClN3O. The van der Waals surface area contributed by atoms with Crippen molar-refractivity contribution in [3.63, 3.8) is 0 Å². The third-order valence-corrected chi connectivity index (χ3v) is 5.09. The van der Waals surface area contributed by atoms with Crippen LogP contribution in [-0.2, 0) is 0 Å². The zero-order chi connectivity index (χ0) is 17.4. The minimum atomic E-state index is -0.0708. The van der Waals surface area contributed by atoms with Gasteiger partial charge in [0.05, 0.1) is 23.9 Å². The van der Waals surface area contributed by atoms with Crippen molar-refractivity contribution in [2.75, 3.05) is 11.4 Å². The molecule has 0 radical (unpaired) electrons. The van der Waals surface area contributed by atoms with Gasteiger partial charge in [-0.05, 0) is 54.7 Å². The Kier molecular flexibility index (Phi) is 3.95. The van der Waals surface area contributed by atoms with Gasteiger partial charge in [0.1, 0.15) is 0 Å². The van der Waals surface area contributed by atoms with Crippen LogP contribution in [0.3, 0.4) is 0 Å². The summed E-state index contributed by atoms with van der Waals surface area (Å²) >= 11 is 6.29. The molecule has 2 fully saturated rings. The van der Waals surface area contributed by atoms with Gasteiger partial charge in [-0.2, -0.15) is 5.26 Å². The number of urea groups is 1. The molecule has 1 aliphatic heterocycles. The third-order valence-electron chi connectivity index (χ3n) is 4.78. The van der Waals surface area contributed by atoms with E-state index >= 15 is 0 Å². The van der Waals surface area contributed by atoms with E-state index in [-0.39, 0.29) is 6.03 Å². The summed E-state index contributed by atoms with van der Waals surface area (Å²) in [5, 5.41) is 12.4. The maximum atomic E-state index is 12.2. The van der Waals surface area contributed by atoms with Crippen LogP contribution in [0.5, 0.6) is 0 Å². The molecule has 1 aliphatic carbocycles. The largest absolute Gasteiger partial charge is 0.332 e. The fourth-order valence-corrected chi connectivity index (χ4v) is 3.54. The smallest absolute Gasteiger partial charge is 0.326 e. The second-order valence-electron chi connectivity index (χ2n) is 6.25. The van der Waals surface area contributed by atoms with Gasteiger partial charge < -0.3 is 5.32 Å². The van der Waals surface area contributed by atoms with Gasteiger partial charge in [-0.3, -0.25) is 4.90 Å². The second-order valence-corrected chi connectivity index (χ2v) is 6.66. The van der Waals surface area contributed by atoms with Gasteiger partial charge in [-0.1, -0.05) is 29.8 Å². The maximum absolute atomic E-state index is 12.2. The predicted molar refractivity (Wildman–Crippen MR) is 98.4 cm³/mol. The van der Waals surface area contributed by atoms with Crippen molar-refractivity contribution >= 4 is 23.3 Å². The topological polar surface area (TPSA) is 56.1 Å². The van der Waals surface area contributed by atoms with E-state index in [0.29, 0.717) is 17.1 Å². The Bertz CT molecular complexity index is 919. The van der Waals surface area contributed by atoms with Crippen molar-refractivity contribution in [1.29, 1.82) is 5.26 Å². The highest BCUT2D eigenvalue weighted by atomic mass is 35.5. The number of carbonyl (C=O) groups is 1. The van der Waals surface area contributed by atoms with Crippen molar-refractivity contribution in [3.8, 4) is 17.2 Å². The van der Waals surface area contributed by atoms with Crippen molar-refractivity contribution in [3.05, 3.63) is 64.3 Å². The Morgan fingerprint density at radius 2 is 1.88 bits per heavy atom. The van der Waals surface area contributed by atoms with E-state index < -0.39 is 0 Å². The van der Waals surface area contributed by atoms with Gasteiger partial charge in [-0.15, -0.1) is 0 Å². The molecule has 25 heavy (non-hydrogen) atoms. The monoisotopic (exact) mass is 349 g/mol. The molecule has 0 atom stereocenters. The lowest BCUT2D eigenvalue weighted by atomic mass is 9.90. The molecule has 2 aromatic rings. The lowest BCUT2D eigenvalue weighted by molar-refractivity contribution is 0.252. The van der Waals surface area contributed by atoms with Crippen LogP contribution >= 0.6 is 11.6 Å². The Morgan fingerprint density at radius 1 is 1.12 bits per heavy atom. The molecule has 5 heteroatoms. The molecule has 1 saturated heterocycles. The van der Waals surface area contributed by atoms with E-state index in [2.05, 4.69) is 11.4 Å². The highest BCUT2D eigenvalue weighted by Crippen LogP contribution is 2.35. The van der Waals surface area contributed by atoms with Crippen molar-refractivity contribution < 1.29 is 4.79 Å². The summed E-state index contributed by atoms with van der Waals surface area (Å²) < 4.78 is 0. The fraction of sp³-hybridized carbons (Fsp3) is 0.200. The predicted octanol–water partition coefficient (Wildman–Crippen LogP) is 4.85. The highest BCUT2D eigenvalue weighted by molar-refractivity contribution is 6.33. The van der Waals surface area contributed by atoms with Gasteiger partial charge in [0.25, 0.3) is 0 Å². The molecule has 124 valence electrons. The molecule has 0 spiro atoms. The molecule has 1 N–H and O–H groups in total. The zero-order valence-corrected chi connectivity index (χ0v) is 14.3. The summed E-state index contributed by atoms with van der Waals surface area (Å²) in [7, 11) is 0. The average molecular weight is 350 g/mol. The minimum absolute atomic E-state index is 0.0708. The van der Waals surface area contributed by atoms with Crippen LogP contribution in [0.2, 0.25) is 5.02 Å². The number of anilines is 1. The van der Waals surface area contributed by atoms with Crippen molar-refractivity contribution in [1.82, 2.24) is 5.32 Å². The summed E-state index contributed by atoms with van der Waals surface area (Å²) in [6, 6.07) is 15.1. The molecule has 0 bridgehead atoms. The van der Waals surface area contributed by atoms with Crippen LogP contribution < -0.4 is 10.2 Å². The summed E-state index contributed by atoms with van der Waals surface area (Å²) in [6.45, 7) is 0.609. The number of hydrogen-bond acceptors (Lipinski definition) is 2. The molecule has 4 nitrogen and oxygen atoms in total. The summed E-state index contributed by atoms with van der Waals surface area (Å²) in [4.78, 5) is 14.0. The summed E-state index contributed by atoms with van der Waals surface area (Å²) in [6.07, 6.45) is 3.37. The Labute approximate surface area is 151 Å². The van der Waals surface area contributed by atoms with Crippen LogP contribution in [0.1, 0.15) is 24.8 Å². The van der Waals surface area contributed by atoms with Crippen molar-refractivity contribution in [2.24, 2.45) is 0 Å². The van der Waals surface area contributed by atoms with Gasteiger partial charge in [0.15, 0.2) is 0 Å². The molecule has 0 unspecified atom stereocenters. The second kappa shape index (κ2) is 6.27. The maximum Gasteiger partial charge on any atom is 0.326 e. The molecule has 2 aliphatic rings. The lowest BCUT2D eigenvalue weighted by Crippen LogP contribution is -2.27. The zero-order valence-electron chi connectivity index (χ0n) is 13.6. The van der Waals surface area contributed by atoms with Crippen LogP contribution in [0.4, 0.5) is 10.5 Å². The van der Waals surface area contributed by atoms with E-state index in [4.69, 9.17) is 16.9 Å². The first kappa shape index (κ1) is 15.7. The minimum Gasteiger partial charge on any atom is -0.332 e. The van der Waals surface area contributed by atoms with E-state index in [1.54, 1.807) is 17.0 Å². The lowest BCUT2D eigenvalue weighted by Gasteiger charge is -2.25. The Hall–Kier alpha value is -2.77. The molecule has 2 aromatic carbocycles. The van der Waals surface area contributed by atoms with Crippen LogP contribution in [0.15, 0.2) is 53.7 Å². The number of carbonyl (C=O) groups excluding carboxylic acids is 1. The van der Waals surface area contributed by atoms with Crippen LogP contribution in [0, 0.1) is 11.3 Å². The molecule has 2 amide bonds. The van der Waals surface area contributed by atoms with E-state index in [1.165, 1.54) is 12.0 Å². The Morgan fingerprint density at radius 3 is 2.48 bits per heavy atom. The normalized spacial score (nSPS) is 16.5. The number of nitriles is 1. The van der Waals surface area contributed by atoms with Gasteiger partial charge in [-0.25, -0.2) is 4.79 Å². The molecule has 4 rings (SSSR count). The molecule has 1 saturated carbocycles. The number of hydrogen-bond donors (Lipinski definition) is 1. The van der Waals surface area contributed by atoms with Gasteiger partial charge in [0, 0.05) is 16.3 Å². The summed E-state index contributed by atoms with van der Waals surface area (Å²) in [5.74, 6) is 0. The van der Waals surface area contributed by atoms with Gasteiger partial charge in [0.2, 0.25) is 0 Å². The molecule has 0 aromatic heterocycles. The van der Waals surface area contributed by atoms with Crippen molar-refractivity contribution in [2.45, 2.75) is 19.3 Å². The number of rotatable bonds is 2. The molecule has 1 heterocycles. The SMILES string of the molecule is N#Cc1ccc(-c2ccc(N3C(=O)NCC3=C3CCC3)cc2)c(Cl)c1. The number of nitrogens with one attached hydrogen (secondary N) is 1.